The molecule has 0 aliphatic rings. The summed E-state index contributed by atoms with van der Waals surface area (Å²) in [6.45, 7) is 6.91. The number of Topliss-reactive ketones (excluding diaryl/α,β-unsaturated/α-hetero) is 3. The van der Waals surface area contributed by atoms with Crippen molar-refractivity contribution < 1.29 is 113 Å². The van der Waals surface area contributed by atoms with Crippen LogP contribution in [0.25, 0.3) is 0 Å². The van der Waals surface area contributed by atoms with Crippen molar-refractivity contribution in [2.24, 2.45) is 17.6 Å². The molecule has 0 saturated carbocycles. The molecular formula is C66H114N8O23. The average molecular weight is 1390 g/mol. The number of carboxylic acids is 5. The molecule has 556 valence electrons. The number of aromatic nitrogens is 2. The van der Waals surface area contributed by atoms with Crippen molar-refractivity contribution in [2.75, 3.05) is 65.9 Å². The highest BCUT2D eigenvalue weighted by Crippen LogP contribution is 2.19. The second-order valence-electron chi connectivity index (χ2n) is 23.8. The first-order valence-electron chi connectivity index (χ1n) is 34.1. The zero-order valence-electron chi connectivity index (χ0n) is 57.1. The van der Waals surface area contributed by atoms with E-state index in [2.05, 4.69) is 36.6 Å². The fourth-order valence-electron chi connectivity index (χ4n) is 9.80. The van der Waals surface area contributed by atoms with E-state index in [9.17, 15) is 87.9 Å². The van der Waals surface area contributed by atoms with Crippen molar-refractivity contribution in [1.82, 2.24) is 36.6 Å². The molecule has 97 heavy (non-hydrogen) atoms. The fourth-order valence-corrected chi connectivity index (χ4v) is 9.80. The van der Waals surface area contributed by atoms with Gasteiger partial charge in [-0.3, -0.25) is 47.9 Å². The maximum absolute atomic E-state index is 13.0. The Kier molecular flexibility index (Phi) is 53.4. The average Bonchev–Trinajstić information content (AvgIpc) is 1.12. The highest BCUT2D eigenvalue weighted by Gasteiger charge is 2.31. The number of nitrogens with two attached hydrogens (primary N) is 1. The van der Waals surface area contributed by atoms with E-state index in [1.54, 1.807) is 6.92 Å². The van der Waals surface area contributed by atoms with E-state index in [1.165, 1.54) is 58.0 Å². The first-order chi connectivity index (χ1) is 46.3. The third kappa shape index (κ3) is 50.7. The molecule has 0 fully saturated rings. The van der Waals surface area contributed by atoms with Gasteiger partial charge in [0.2, 0.25) is 29.5 Å². The SMILES string of the molecule is CCNC(=O)CC[C@H](CC(=O)CC[C@H](NC(=O)CCCCCCCCCCCCCCCCC(=O)O)C(=O)O)C(=O)O.CCOCCOCC(=O)CCCOCCOCC(=O)N[C@@H](CCC(=O)NCCCC[C@H](CC(=O)[C@@H](N)Cc1cnc[nH]1)C(=O)N[C@H](C(=O)O)C(C)O)C(=O)O.[HH]. The normalized spacial score (nSPS) is 13.2. The molecule has 1 rings (SSSR count). The third-order valence-corrected chi connectivity index (χ3v) is 15.4. The molecule has 14 N–H and O–H groups in total. The van der Waals surface area contributed by atoms with Gasteiger partial charge < -0.3 is 86.9 Å². The topological polar surface area (TPSA) is 495 Å². The molecule has 0 saturated heterocycles. The Morgan fingerprint density at radius 1 is 0.505 bits per heavy atom. The number of carbonyl (C=O) groups is 13. The molecule has 7 atom stereocenters. The van der Waals surface area contributed by atoms with Gasteiger partial charge in [-0.1, -0.05) is 83.5 Å². The maximum Gasteiger partial charge on any atom is 0.328 e. The van der Waals surface area contributed by atoms with Crippen LogP contribution in [0.3, 0.4) is 0 Å². The summed E-state index contributed by atoms with van der Waals surface area (Å²) in [5, 5.41) is 68.3. The first-order valence-corrected chi connectivity index (χ1v) is 34.1. The molecule has 31 nitrogen and oxygen atoms in total. The van der Waals surface area contributed by atoms with Crippen LogP contribution in [0, 0.1) is 11.8 Å². The zero-order chi connectivity index (χ0) is 72.6. The van der Waals surface area contributed by atoms with E-state index >= 15 is 0 Å². The monoisotopic (exact) mass is 1390 g/mol. The molecule has 0 aliphatic heterocycles. The minimum absolute atomic E-state index is 0. The van der Waals surface area contributed by atoms with Crippen LogP contribution in [0.5, 0.6) is 0 Å². The second-order valence-corrected chi connectivity index (χ2v) is 23.8. The number of imidazole rings is 1. The highest BCUT2D eigenvalue weighted by atomic mass is 16.5. The molecule has 0 bridgehead atoms. The lowest BCUT2D eigenvalue weighted by Crippen LogP contribution is -2.50. The molecule has 0 aromatic carbocycles. The number of ketones is 3. The summed E-state index contributed by atoms with van der Waals surface area (Å²) >= 11 is 0. The molecule has 1 aromatic rings. The lowest BCUT2D eigenvalue weighted by atomic mass is 9.91. The van der Waals surface area contributed by atoms with Crippen molar-refractivity contribution in [3.63, 3.8) is 0 Å². The van der Waals surface area contributed by atoms with E-state index in [0.717, 1.165) is 44.9 Å². The molecular weight excluding hydrogens is 1270 g/mol. The summed E-state index contributed by atoms with van der Waals surface area (Å²) in [5.74, 6) is -11.3. The number of unbranched alkanes of at least 4 members (excludes halogenated alkanes) is 14. The van der Waals surface area contributed by atoms with Crippen LogP contribution in [-0.4, -0.2) is 214 Å². The lowest BCUT2D eigenvalue weighted by Gasteiger charge is -2.22. The number of nitrogens with one attached hydrogen (secondary N) is 6. The Hall–Kier alpha value is -7.32. The van der Waals surface area contributed by atoms with Crippen molar-refractivity contribution in [2.45, 2.75) is 244 Å². The van der Waals surface area contributed by atoms with Gasteiger partial charge >= 0.3 is 29.8 Å². The number of hydrogen-bond acceptors (Lipinski definition) is 20. The standard InChI is InChI=1S/C35H58N6O14.C31H54N2O9.H2/c1-3-52-13-15-54-20-26(43)8-6-12-53-14-16-55-21-31(46)40-28(34(48)49)9-10-30(45)38-11-5-4-7-24(33(47)41-32(23(2)42)35(50)51)17-29(44)27(36)18-25-19-37-22-39-25;1-2-32-27(35)22-19-24(30(39)40)23-25(34)20-21-26(31(41)42)33-28(36)17-15-13-11-9-7-5-3-4-6-8-10-12-14-16-18-29(37)38;/h19,22-24,27-28,32,42H,3-18,20-21,36H2,1-2H3,(H,37,39)(H,38,45)(H,40,46)(H,41,47)(H,48,49)(H,50,51);24,26H,2-23H2,1H3,(H,32,35)(H,33,36)(H,37,38)(H,39,40)(H,41,42);1H/t23?,24-,27+,28+,32+;24-,26+;/m11./s1. The van der Waals surface area contributed by atoms with E-state index in [1.807, 2.05) is 6.92 Å². The Morgan fingerprint density at radius 2 is 1.04 bits per heavy atom. The highest BCUT2D eigenvalue weighted by molar-refractivity contribution is 5.92. The van der Waals surface area contributed by atoms with Crippen LogP contribution in [0.15, 0.2) is 12.5 Å². The number of H-pyrrole nitrogens is 1. The van der Waals surface area contributed by atoms with E-state index in [4.69, 9.17) is 29.8 Å². The van der Waals surface area contributed by atoms with Crippen molar-refractivity contribution >= 4 is 76.7 Å². The second kappa shape index (κ2) is 57.7. The predicted molar refractivity (Wildman–Crippen MR) is 355 cm³/mol. The fraction of sp³-hybridized carbons (Fsp3) is 0.758. The number of hydrogen-bond donors (Lipinski definition) is 13. The van der Waals surface area contributed by atoms with Gasteiger partial charge in [-0.15, -0.1) is 0 Å². The number of aliphatic hydroxyl groups excluding tert-OH is 1. The van der Waals surface area contributed by atoms with Gasteiger partial charge in [0.1, 0.15) is 31.1 Å². The molecule has 5 amide bonds. The van der Waals surface area contributed by atoms with Crippen LogP contribution >= 0.6 is 0 Å². The van der Waals surface area contributed by atoms with Gasteiger partial charge in [0.15, 0.2) is 17.6 Å². The number of aromatic amines is 1. The molecule has 0 spiro atoms. The Bertz CT molecular complexity index is 2460. The number of ether oxygens (including phenoxy) is 4. The summed E-state index contributed by atoms with van der Waals surface area (Å²) < 4.78 is 20.9. The lowest BCUT2D eigenvalue weighted by molar-refractivity contribution is -0.145. The number of nitrogens with zero attached hydrogens (tertiary/aromatic N) is 1. The molecule has 0 radical (unpaired) electrons. The van der Waals surface area contributed by atoms with Gasteiger partial charge in [0.25, 0.3) is 0 Å². The first kappa shape index (κ1) is 89.7. The molecule has 1 unspecified atom stereocenters. The molecule has 1 heterocycles. The minimum atomic E-state index is -1.59. The number of aliphatic carboxylic acids is 5. The minimum Gasteiger partial charge on any atom is -0.481 e. The van der Waals surface area contributed by atoms with Crippen LogP contribution in [-0.2, 0) is 87.7 Å². The largest absolute Gasteiger partial charge is 0.481 e. The summed E-state index contributed by atoms with van der Waals surface area (Å²) in [6.07, 6.45) is 17.5. The van der Waals surface area contributed by atoms with E-state index in [-0.39, 0.29) is 122 Å². The summed E-state index contributed by atoms with van der Waals surface area (Å²) in [7, 11) is 0. The van der Waals surface area contributed by atoms with Gasteiger partial charge in [0.05, 0.1) is 50.8 Å². The number of carboxylic acid groups (broad SMARTS) is 5. The Morgan fingerprint density at radius 3 is 1.58 bits per heavy atom. The Balaban J connectivity index is 0. The van der Waals surface area contributed by atoms with Crippen LogP contribution in [0.4, 0.5) is 0 Å². The predicted octanol–water partition coefficient (Wildman–Crippen LogP) is 4.36. The quantitative estimate of drug-likeness (QED) is 0.0403. The van der Waals surface area contributed by atoms with Gasteiger partial charge in [-0.05, 0) is 72.1 Å². The summed E-state index contributed by atoms with van der Waals surface area (Å²) in [6, 6.07) is -5.09. The molecule has 31 heteroatoms. The Labute approximate surface area is 570 Å². The summed E-state index contributed by atoms with van der Waals surface area (Å²) in [5.41, 5.74) is 6.66. The number of aliphatic hydroxyl groups is 1. The van der Waals surface area contributed by atoms with E-state index in [0.29, 0.717) is 70.8 Å². The molecule has 0 aliphatic carbocycles. The van der Waals surface area contributed by atoms with E-state index < -0.39 is 108 Å². The van der Waals surface area contributed by atoms with Crippen molar-refractivity contribution in [3.8, 4) is 0 Å². The maximum atomic E-state index is 13.0. The number of amides is 5. The number of carbonyl (C=O) groups excluding carboxylic acids is 8. The summed E-state index contributed by atoms with van der Waals surface area (Å²) in [4.78, 5) is 162. The van der Waals surface area contributed by atoms with Gasteiger partial charge in [-0.25, -0.2) is 19.4 Å². The zero-order valence-corrected chi connectivity index (χ0v) is 57.1. The third-order valence-electron chi connectivity index (χ3n) is 15.4. The van der Waals surface area contributed by atoms with Crippen LogP contribution in [0.2, 0.25) is 0 Å². The van der Waals surface area contributed by atoms with Gasteiger partial charge in [0, 0.05) is 103 Å². The van der Waals surface area contributed by atoms with Gasteiger partial charge in [-0.2, -0.15) is 0 Å². The van der Waals surface area contributed by atoms with Crippen molar-refractivity contribution in [3.05, 3.63) is 18.2 Å². The smallest absolute Gasteiger partial charge is 0.328 e. The van der Waals surface area contributed by atoms with Crippen LogP contribution in [0.1, 0.15) is 214 Å². The van der Waals surface area contributed by atoms with Crippen molar-refractivity contribution in [1.29, 1.82) is 0 Å². The molecule has 1 aromatic heterocycles. The number of rotatable bonds is 63. The van der Waals surface area contributed by atoms with Crippen LogP contribution < -0.4 is 32.3 Å².